The molecule has 0 aliphatic heterocycles. The molecular weight excluding hydrogens is 307 g/mol. The highest BCUT2D eigenvalue weighted by atomic mass is 35.5. The van der Waals surface area contributed by atoms with Gasteiger partial charge in [-0.25, -0.2) is 4.79 Å². The van der Waals surface area contributed by atoms with Crippen LogP contribution in [0.25, 0.3) is 11.0 Å². The second kappa shape index (κ2) is 5.30. The van der Waals surface area contributed by atoms with Crippen molar-refractivity contribution in [3.63, 3.8) is 0 Å². The molecule has 0 radical (unpaired) electrons. The molecule has 0 amide bonds. The van der Waals surface area contributed by atoms with Crippen molar-refractivity contribution < 1.29 is 14.0 Å². The number of aromatic nitrogens is 2. The summed E-state index contributed by atoms with van der Waals surface area (Å²) >= 11 is 11.7. The number of carbonyl (C=O) groups excluding carboxylic acids is 1. The van der Waals surface area contributed by atoms with Gasteiger partial charge in [-0.15, -0.1) is 0 Å². The average molecular weight is 317 g/mol. The number of benzene rings is 1. The fourth-order valence-electron chi connectivity index (χ4n) is 1.83. The third kappa shape index (κ3) is 2.21. The predicted octanol–water partition coefficient (Wildman–Crippen LogP) is 2.69. The number of rotatable bonds is 2. The van der Waals surface area contributed by atoms with Crippen LogP contribution in [0.4, 0.5) is 0 Å². The van der Waals surface area contributed by atoms with E-state index in [1.165, 1.54) is 19.1 Å². The lowest BCUT2D eigenvalue weighted by molar-refractivity contribution is -0.469. The van der Waals surface area contributed by atoms with Crippen molar-refractivity contribution in [2.45, 2.75) is 13.8 Å². The number of nitrogens with zero attached hydrogens (tertiary/aromatic N) is 2. The third-order valence-corrected chi connectivity index (χ3v) is 3.50. The van der Waals surface area contributed by atoms with Crippen LogP contribution < -0.4 is 4.43 Å². The van der Waals surface area contributed by atoms with Gasteiger partial charge in [-0.1, -0.05) is 23.2 Å². The Bertz CT molecular complexity index is 770. The van der Waals surface area contributed by atoms with Crippen LogP contribution in [0.15, 0.2) is 12.1 Å². The van der Waals surface area contributed by atoms with E-state index >= 15 is 0 Å². The first-order valence-electron chi connectivity index (χ1n) is 5.70. The first-order chi connectivity index (χ1) is 9.38. The first-order valence-corrected chi connectivity index (χ1v) is 6.45. The van der Waals surface area contributed by atoms with E-state index in [1.54, 1.807) is 6.92 Å². The molecular formula is C12H10Cl2N2O4. The Morgan fingerprint density at radius 3 is 2.60 bits per heavy atom. The molecule has 0 N–H and O–H groups in total. The quantitative estimate of drug-likeness (QED) is 0.630. The number of fused-ring (bicyclic) bond motifs is 1. The van der Waals surface area contributed by atoms with Crippen molar-refractivity contribution in [1.82, 2.24) is 4.73 Å². The molecule has 1 aromatic carbocycles. The molecule has 106 valence electrons. The van der Waals surface area contributed by atoms with Crippen molar-refractivity contribution in [2.24, 2.45) is 0 Å². The van der Waals surface area contributed by atoms with E-state index in [2.05, 4.69) is 0 Å². The largest absolute Gasteiger partial charge is 0.805 e. The fourth-order valence-corrected chi connectivity index (χ4v) is 2.14. The lowest BCUT2D eigenvalue weighted by Crippen LogP contribution is -2.31. The van der Waals surface area contributed by atoms with E-state index < -0.39 is 5.97 Å². The Balaban J connectivity index is 2.89. The van der Waals surface area contributed by atoms with E-state index in [0.29, 0.717) is 9.16 Å². The van der Waals surface area contributed by atoms with Gasteiger partial charge in [0.1, 0.15) is 5.52 Å². The molecule has 0 aliphatic carbocycles. The van der Waals surface area contributed by atoms with Crippen LogP contribution in [0.2, 0.25) is 10.0 Å². The van der Waals surface area contributed by atoms with Crippen molar-refractivity contribution in [3.8, 4) is 0 Å². The topological polar surface area (TPSA) is 77.3 Å². The number of hydrogen-bond acceptors (Lipinski definition) is 4. The van der Waals surface area contributed by atoms with Gasteiger partial charge in [0.2, 0.25) is 0 Å². The predicted molar refractivity (Wildman–Crippen MR) is 74.8 cm³/mol. The van der Waals surface area contributed by atoms with Gasteiger partial charge in [0.25, 0.3) is 5.52 Å². The minimum absolute atomic E-state index is 0.0277. The summed E-state index contributed by atoms with van der Waals surface area (Å²) in [5.41, 5.74) is -0.458. The summed E-state index contributed by atoms with van der Waals surface area (Å²) in [4.78, 5) is 24.0. The molecule has 6 nitrogen and oxygen atoms in total. The zero-order valence-electron chi connectivity index (χ0n) is 10.6. The molecule has 0 fully saturated rings. The fraction of sp³-hybridized carbons (Fsp3) is 0.250. The maximum atomic E-state index is 12.2. The van der Waals surface area contributed by atoms with Gasteiger partial charge in [0, 0.05) is 11.0 Å². The zero-order chi connectivity index (χ0) is 15.0. The molecule has 1 aromatic heterocycles. The minimum atomic E-state index is -0.863. The Labute approximate surface area is 123 Å². The van der Waals surface area contributed by atoms with Crippen LogP contribution in [0.1, 0.15) is 23.1 Å². The lowest BCUT2D eigenvalue weighted by Gasteiger charge is -2.16. The Morgan fingerprint density at radius 2 is 2.00 bits per heavy atom. The summed E-state index contributed by atoms with van der Waals surface area (Å²) in [6, 6.07) is 2.52. The number of ether oxygens (including phenoxy) is 1. The van der Waals surface area contributed by atoms with Gasteiger partial charge in [-0.3, -0.25) is 0 Å². The highest BCUT2D eigenvalue weighted by Crippen LogP contribution is 2.26. The van der Waals surface area contributed by atoms with Gasteiger partial charge in [0.15, 0.2) is 0 Å². The zero-order valence-corrected chi connectivity index (χ0v) is 12.2. The van der Waals surface area contributed by atoms with E-state index in [1.807, 2.05) is 0 Å². The van der Waals surface area contributed by atoms with E-state index in [4.69, 9.17) is 27.9 Å². The molecule has 2 rings (SSSR count). The Morgan fingerprint density at radius 1 is 1.40 bits per heavy atom. The highest BCUT2D eigenvalue weighted by molar-refractivity contribution is 6.42. The monoisotopic (exact) mass is 316 g/mol. The van der Waals surface area contributed by atoms with Gasteiger partial charge >= 0.3 is 11.7 Å². The third-order valence-electron chi connectivity index (χ3n) is 2.77. The normalized spacial score (nSPS) is 10.8. The number of esters is 1. The van der Waals surface area contributed by atoms with E-state index in [9.17, 15) is 14.9 Å². The highest BCUT2D eigenvalue weighted by Gasteiger charge is 2.28. The molecule has 0 saturated carbocycles. The standard InChI is InChI=1S/C12H10Cl2N2O4/c1-3-20-12(17)11-6(2)15(18)9-4-7(13)8(14)5-10(9)16(11)19/h4-5H,3H2,1-2H3. The number of carbonyl (C=O) groups is 1. The molecule has 0 saturated heterocycles. The lowest BCUT2D eigenvalue weighted by atomic mass is 10.2. The van der Waals surface area contributed by atoms with E-state index in [0.717, 1.165) is 0 Å². The molecule has 0 aliphatic rings. The maximum Gasteiger partial charge on any atom is 0.410 e. The van der Waals surface area contributed by atoms with E-state index in [-0.39, 0.29) is 39.1 Å². The molecule has 20 heavy (non-hydrogen) atoms. The van der Waals surface area contributed by atoms with Crippen molar-refractivity contribution >= 4 is 40.2 Å². The second-order valence-corrected chi connectivity index (χ2v) is 4.81. The van der Waals surface area contributed by atoms with Gasteiger partial charge in [-0.05, 0) is 19.9 Å². The number of hydrogen-bond donors (Lipinski definition) is 0. The summed E-state index contributed by atoms with van der Waals surface area (Å²) in [7, 11) is 0. The molecule has 0 spiro atoms. The summed E-state index contributed by atoms with van der Waals surface area (Å²) in [5.74, 6) is -0.863. The number of halogens is 2. The van der Waals surface area contributed by atoms with Crippen molar-refractivity contribution in [3.05, 3.63) is 43.7 Å². The van der Waals surface area contributed by atoms with Crippen LogP contribution >= 0.6 is 23.2 Å². The Kier molecular flexibility index (Phi) is 3.87. The maximum absolute atomic E-state index is 12.2. The van der Waals surface area contributed by atoms with Gasteiger partial charge < -0.3 is 14.7 Å². The summed E-state index contributed by atoms with van der Waals surface area (Å²) in [6.45, 7) is 3.05. The van der Waals surface area contributed by atoms with Crippen LogP contribution in [-0.4, -0.2) is 17.3 Å². The van der Waals surface area contributed by atoms with Crippen molar-refractivity contribution in [1.29, 1.82) is 0 Å². The molecule has 1 heterocycles. The second-order valence-electron chi connectivity index (χ2n) is 4.00. The summed E-state index contributed by atoms with van der Waals surface area (Å²) in [6.07, 6.45) is 0. The van der Waals surface area contributed by atoms with Crippen LogP contribution in [-0.2, 0) is 4.74 Å². The molecule has 0 bridgehead atoms. The molecule has 8 heteroatoms. The summed E-state index contributed by atoms with van der Waals surface area (Å²) in [5, 5.41) is 12.4. The van der Waals surface area contributed by atoms with Gasteiger partial charge in [0.05, 0.1) is 26.8 Å². The van der Waals surface area contributed by atoms with Gasteiger partial charge in [-0.2, -0.15) is 0 Å². The minimum Gasteiger partial charge on any atom is -0.805 e. The van der Waals surface area contributed by atoms with Crippen molar-refractivity contribution in [2.75, 3.05) is 6.61 Å². The average Bonchev–Trinajstić information content (AvgIpc) is 2.39. The molecule has 0 unspecified atom stereocenters. The SMILES string of the molecule is CCOC(=O)c1c(C)n([O-])c2cc(Cl)c(Cl)cc2[n+]1=O. The summed E-state index contributed by atoms with van der Waals surface area (Å²) < 4.78 is 5.57. The van der Waals surface area contributed by atoms with Crippen LogP contribution in [0, 0.1) is 17.0 Å². The van der Waals surface area contributed by atoms with Crippen LogP contribution in [0.3, 0.4) is 0 Å². The van der Waals surface area contributed by atoms with Crippen LogP contribution in [0.5, 0.6) is 0 Å². The smallest absolute Gasteiger partial charge is 0.410 e. The first kappa shape index (κ1) is 14.6. The Hall–Kier alpha value is -1.79. The molecule has 0 atom stereocenters. The molecule has 2 aromatic rings.